The number of hydrogen-bond acceptors (Lipinski definition) is 5. The highest BCUT2D eigenvalue weighted by atomic mass is 16.5. The van der Waals surface area contributed by atoms with Crippen LogP contribution in [-0.4, -0.2) is 46.4 Å². The number of ether oxygens (including phenoxy) is 2. The van der Waals surface area contributed by atoms with Crippen molar-refractivity contribution in [2.24, 2.45) is 0 Å². The Balaban J connectivity index is 1.35. The first kappa shape index (κ1) is 23.9. The number of anilines is 1. The lowest BCUT2D eigenvalue weighted by molar-refractivity contribution is -0.117. The molecule has 186 valence electrons. The van der Waals surface area contributed by atoms with E-state index in [2.05, 4.69) is 0 Å². The second-order valence-corrected chi connectivity index (χ2v) is 9.18. The van der Waals surface area contributed by atoms with E-state index in [0.29, 0.717) is 26.1 Å². The number of para-hydroxylation sites is 2. The number of amides is 1. The van der Waals surface area contributed by atoms with Gasteiger partial charge in [0.1, 0.15) is 30.0 Å². The lowest BCUT2D eigenvalue weighted by Gasteiger charge is -2.19. The van der Waals surface area contributed by atoms with E-state index >= 15 is 0 Å². The van der Waals surface area contributed by atoms with Crippen LogP contribution in [0.3, 0.4) is 0 Å². The molecule has 3 aromatic carbocycles. The van der Waals surface area contributed by atoms with Crippen molar-refractivity contribution in [2.45, 2.75) is 38.8 Å². The Morgan fingerprint density at radius 3 is 2.61 bits per heavy atom. The Labute approximate surface area is 210 Å². The molecule has 1 amide bonds. The fraction of sp³-hybridized carbons (Fsp3) is 0.310. The molecule has 4 aromatic rings. The number of rotatable bonds is 9. The van der Waals surface area contributed by atoms with Crippen LogP contribution in [0.2, 0.25) is 0 Å². The van der Waals surface area contributed by atoms with Gasteiger partial charge in [0, 0.05) is 24.6 Å². The molecule has 1 fully saturated rings. The second kappa shape index (κ2) is 10.4. The van der Waals surface area contributed by atoms with Gasteiger partial charge in [0.2, 0.25) is 5.91 Å². The van der Waals surface area contributed by atoms with Gasteiger partial charge >= 0.3 is 0 Å². The molecule has 1 aromatic heterocycles. The van der Waals surface area contributed by atoms with Crippen molar-refractivity contribution in [2.75, 3.05) is 24.7 Å². The Kier molecular flexibility index (Phi) is 6.91. The van der Waals surface area contributed by atoms with Crippen molar-refractivity contribution < 1.29 is 19.4 Å². The highest BCUT2D eigenvalue weighted by Crippen LogP contribution is 2.34. The third-order valence-corrected chi connectivity index (χ3v) is 6.46. The Hall–Kier alpha value is -3.84. The first-order valence-electron chi connectivity index (χ1n) is 12.4. The lowest BCUT2D eigenvalue weighted by Crippen LogP contribution is -2.26. The number of aryl methyl sites for hydroxylation is 1. The SMILES string of the molecule is CCOc1ccc(N2C[C@H](c3nc4ccccc4n3C[C@H](O)COc3cccc(C)c3)CC2=O)cc1. The monoisotopic (exact) mass is 485 g/mol. The molecule has 7 heteroatoms. The average molecular weight is 486 g/mol. The number of aliphatic hydroxyl groups is 1. The molecule has 0 spiro atoms. The summed E-state index contributed by atoms with van der Waals surface area (Å²) in [5.41, 5.74) is 3.74. The lowest BCUT2D eigenvalue weighted by atomic mass is 10.1. The van der Waals surface area contributed by atoms with Gasteiger partial charge in [0.15, 0.2) is 0 Å². The molecule has 0 unspecified atom stereocenters. The Bertz CT molecular complexity index is 1350. The molecule has 5 rings (SSSR count). The second-order valence-electron chi connectivity index (χ2n) is 9.18. The molecule has 1 aliphatic rings. The molecule has 0 bridgehead atoms. The van der Waals surface area contributed by atoms with E-state index in [0.717, 1.165) is 39.6 Å². The number of fused-ring (bicyclic) bond motifs is 1. The van der Waals surface area contributed by atoms with Gasteiger partial charge < -0.3 is 24.0 Å². The molecule has 7 nitrogen and oxygen atoms in total. The number of benzene rings is 3. The van der Waals surface area contributed by atoms with Gasteiger partial charge in [-0.2, -0.15) is 0 Å². The molecule has 0 aliphatic carbocycles. The number of nitrogens with zero attached hydrogens (tertiary/aromatic N) is 3. The summed E-state index contributed by atoms with van der Waals surface area (Å²) in [4.78, 5) is 19.7. The fourth-order valence-electron chi connectivity index (χ4n) is 4.78. The predicted octanol–water partition coefficient (Wildman–Crippen LogP) is 4.70. The topological polar surface area (TPSA) is 76.8 Å². The van der Waals surface area contributed by atoms with Gasteiger partial charge in [-0.25, -0.2) is 4.98 Å². The van der Waals surface area contributed by atoms with E-state index in [4.69, 9.17) is 14.5 Å². The van der Waals surface area contributed by atoms with E-state index in [1.54, 1.807) is 4.90 Å². The van der Waals surface area contributed by atoms with Gasteiger partial charge in [0.25, 0.3) is 0 Å². The minimum atomic E-state index is -0.735. The van der Waals surface area contributed by atoms with E-state index in [9.17, 15) is 9.90 Å². The summed E-state index contributed by atoms with van der Waals surface area (Å²) < 4.78 is 13.4. The van der Waals surface area contributed by atoms with Crippen LogP contribution in [0.4, 0.5) is 5.69 Å². The maximum atomic E-state index is 13.0. The molecule has 0 saturated carbocycles. The van der Waals surface area contributed by atoms with Crippen molar-refractivity contribution in [1.29, 1.82) is 0 Å². The van der Waals surface area contributed by atoms with Crippen LogP contribution in [-0.2, 0) is 11.3 Å². The smallest absolute Gasteiger partial charge is 0.227 e. The molecule has 36 heavy (non-hydrogen) atoms. The van der Waals surface area contributed by atoms with Crippen LogP contribution >= 0.6 is 0 Å². The number of aromatic nitrogens is 2. The Morgan fingerprint density at radius 2 is 1.83 bits per heavy atom. The number of hydrogen-bond donors (Lipinski definition) is 1. The zero-order valence-electron chi connectivity index (χ0n) is 20.6. The predicted molar refractivity (Wildman–Crippen MR) is 140 cm³/mol. The first-order chi connectivity index (χ1) is 17.5. The summed E-state index contributed by atoms with van der Waals surface area (Å²) in [6.07, 6.45) is -0.368. The molecule has 1 saturated heterocycles. The van der Waals surface area contributed by atoms with Crippen molar-refractivity contribution >= 4 is 22.6 Å². The highest BCUT2D eigenvalue weighted by Gasteiger charge is 2.35. The molecule has 2 atom stereocenters. The quantitative estimate of drug-likeness (QED) is 0.372. The van der Waals surface area contributed by atoms with E-state index in [1.807, 2.05) is 91.2 Å². The van der Waals surface area contributed by atoms with Gasteiger partial charge in [-0.05, 0) is 67.9 Å². The van der Waals surface area contributed by atoms with Gasteiger partial charge in [-0.3, -0.25) is 4.79 Å². The minimum Gasteiger partial charge on any atom is -0.494 e. The van der Waals surface area contributed by atoms with Crippen LogP contribution in [0, 0.1) is 6.92 Å². The van der Waals surface area contributed by atoms with Gasteiger partial charge in [0.05, 0.1) is 24.2 Å². The number of carbonyl (C=O) groups is 1. The fourth-order valence-corrected chi connectivity index (χ4v) is 4.78. The van der Waals surface area contributed by atoms with Gasteiger partial charge in [-0.1, -0.05) is 24.3 Å². The molecule has 1 aliphatic heterocycles. The summed E-state index contributed by atoms with van der Waals surface area (Å²) in [5.74, 6) is 2.31. The van der Waals surface area contributed by atoms with E-state index in [-0.39, 0.29) is 18.4 Å². The zero-order valence-corrected chi connectivity index (χ0v) is 20.6. The standard InChI is InChI=1S/C29H31N3O4/c1-3-35-24-13-11-22(12-14-24)31-17-21(16-28(31)34)29-30-26-9-4-5-10-27(26)32(29)18-23(33)19-36-25-8-6-7-20(2)15-25/h4-15,21,23,33H,3,16-19H2,1-2H3/t21-,23+/m1/s1. The van der Waals surface area contributed by atoms with Crippen molar-refractivity contribution in [3.05, 3.63) is 84.2 Å². The summed E-state index contributed by atoms with van der Waals surface area (Å²) in [5, 5.41) is 10.9. The molecule has 2 heterocycles. The normalized spacial score (nSPS) is 16.5. The molecule has 0 radical (unpaired) electrons. The summed E-state index contributed by atoms with van der Waals surface area (Å²) in [6, 6.07) is 23.3. The van der Waals surface area contributed by atoms with Crippen LogP contribution in [0.15, 0.2) is 72.8 Å². The summed E-state index contributed by atoms with van der Waals surface area (Å²) in [7, 11) is 0. The number of imidazole rings is 1. The van der Waals surface area contributed by atoms with Crippen LogP contribution < -0.4 is 14.4 Å². The van der Waals surface area contributed by atoms with Crippen LogP contribution in [0.5, 0.6) is 11.5 Å². The third kappa shape index (κ3) is 5.06. The maximum absolute atomic E-state index is 13.0. The minimum absolute atomic E-state index is 0.0612. The summed E-state index contributed by atoms with van der Waals surface area (Å²) in [6.45, 7) is 5.58. The first-order valence-corrected chi connectivity index (χ1v) is 12.4. The largest absolute Gasteiger partial charge is 0.494 e. The number of aliphatic hydroxyl groups excluding tert-OH is 1. The van der Waals surface area contributed by atoms with Gasteiger partial charge in [-0.15, -0.1) is 0 Å². The van der Waals surface area contributed by atoms with E-state index in [1.165, 1.54) is 0 Å². The Morgan fingerprint density at radius 1 is 1.03 bits per heavy atom. The van der Waals surface area contributed by atoms with Crippen molar-refractivity contribution in [3.63, 3.8) is 0 Å². The number of carbonyl (C=O) groups excluding carboxylic acids is 1. The molecular weight excluding hydrogens is 454 g/mol. The van der Waals surface area contributed by atoms with Crippen molar-refractivity contribution in [1.82, 2.24) is 9.55 Å². The zero-order chi connectivity index (χ0) is 25.1. The highest BCUT2D eigenvalue weighted by molar-refractivity contribution is 5.96. The summed E-state index contributed by atoms with van der Waals surface area (Å²) >= 11 is 0. The third-order valence-electron chi connectivity index (χ3n) is 6.46. The average Bonchev–Trinajstić information content (AvgIpc) is 3.44. The molecule has 1 N–H and O–H groups in total. The maximum Gasteiger partial charge on any atom is 0.227 e. The molecular formula is C29H31N3O4. The van der Waals surface area contributed by atoms with Crippen molar-refractivity contribution in [3.8, 4) is 11.5 Å². The van der Waals surface area contributed by atoms with Crippen LogP contribution in [0.25, 0.3) is 11.0 Å². The van der Waals surface area contributed by atoms with Crippen LogP contribution in [0.1, 0.15) is 30.7 Å². The van der Waals surface area contributed by atoms with E-state index < -0.39 is 6.10 Å².